The van der Waals surface area contributed by atoms with Crippen molar-refractivity contribution in [2.75, 3.05) is 56.2 Å². The van der Waals surface area contributed by atoms with Gasteiger partial charge in [-0.05, 0) is 31.2 Å². The molecule has 0 unspecified atom stereocenters. The number of para-hydroxylation sites is 1. The van der Waals surface area contributed by atoms with Gasteiger partial charge in [0.1, 0.15) is 0 Å². The Morgan fingerprint density at radius 1 is 1.06 bits per heavy atom. The molecule has 1 atom stereocenters. The SMILES string of the molecule is Cc1ccc(N2C[C@@H](C(=O)Nc3ccccc3C(=O)NCCN3CCOCC3)CC2=O)cc1. The molecule has 4 rings (SSSR count). The number of nitrogens with zero attached hydrogens (tertiary/aromatic N) is 2. The molecule has 0 aromatic heterocycles. The number of carbonyl (C=O) groups excluding carboxylic acids is 3. The average molecular weight is 451 g/mol. The van der Waals surface area contributed by atoms with Gasteiger partial charge in [0.15, 0.2) is 0 Å². The van der Waals surface area contributed by atoms with E-state index in [-0.39, 0.29) is 24.1 Å². The van der Waals surface area contributed by atoms with Crippen LogP contribution in [0.3, 0.4) is 0 Å². The summed E-state index contributed by atoms with van der Waals surface area (Å²) in [7, 11) is 0. The van der Waals surface area contributed by atoms with Crippen molar-refractivity contribution in [1.82, 2.24) is 10.2 Å². The van der Waals surface area contributed by atoms with Gasteiger partial charge < -0.3 is 20.3 Å². The fourth-order valence-corrected chi connectivity index (χ4v) is 4.13. The minimum Gasteiger partial charge on any atom is -0.379 e. The van der Waals surface area contributed by atoms with Gasteiger partial charge in [0.25, 0.3) is 5.91 Å². The summed E-state index contributed by atoms with van der Waals surface area (Å²) in [4.78, 5) is 42.1. The molecule has 2 aromatic rings. The highest BCUT2D eigenvalue weighted by Gasteiger charge is 2.35. The molecule has 2 aliphatic heterocycles. The Labute approximate surface area is 193 Å². The zero-order chi connectivity index (χ0) is 23.2. The summed E-state index contributed by atoms with van der Waals surface area (Å²) < 4.78 is 5.34. The fourth-order valence-electron chi connectivity index (χ4n) is 4.13. The predicted molar refractivity (Wildman–Crippen MR) is 126 cm³/mol. The number of ether oxygens (including phenoxy) is 1. The second kappa shape index (κ2) is 10.6. The van der Waals surface area contributed by atoms with E-state index in [1.54, 1.807) is 29.2 Å². The Hall–Kier alpha value is -3.23. The molecule has 8 heteroatoms. The fraction of sp³-hybridized carbons (Fsp3) is 0.400. The van der Waals surface area contributed by atoms with E-state index in [4.69, 9.17) is 4.74 Å². The van der Waals surface area contributed by atoms with Crippen LogP contribution >= 0.6 is 0 Å². The van der Waals surface area contributed by atoms with Gasteiger partial charge in [-0.25, -0.2) is 0 Å². The lowest BCUT2D eigenvalue weighted by Crippen LogP contribution is -2.41. The molecule has 2 heterocycles. The van der Waals surface area contributed by atoms with Crippen LogP contribution in [-0.2, 0) is 14.3 Å². The van der Waals surface area contributed by atoms with Gasteiger partial charge in [-0.3, -0.25) is 19.3 Å². The van der Waals surface area contributed by atoms with Crippen molar-refractivity contribution in [3.8, 4) is 0 Å². The van der Waals surface area contributed by atoms with Gasteiger partial charge in [0, 0.05) is 44.8 Å². The standard InChI is InChI=1S/C25H30N4O4/c1-18-6-8-20(9-7-18)29-17-19(16-23(29)30)24(31)27-22-5-3-2-4-21(22)25(32)26-10-11-28-12-14-33-15-13-28/h2-9,19H,10-17H2,1H3,(H,26,32)(H,27,31)/t19-/m0/s1. The number of carbonyl (C=O) groups is 3. The van der Waals surface area contributed by atoms with Crippen molar-refractivity contribution in [2.45, 2.75) is 13.3 Å². The first kappa shape index (κ1) is 22.9. The molecule has 2 N–H and O–H groups in total. The summed E-state index contributed by atoms with van der Waals surface area (Å²) in [6.45, 7) is 6.74. The van der Waals surface area contributed by atoms with E-state index < -0.39 is 5.92 Å². The van der Waals surface area contributed by atoms with Crippen molar-refractivity contribution in [3.05, 3.63) is 59.7 Å². The smallest absolute Gasteiger partial charge is 0.253 e. The van der Waals surface area contributed by atoms with Gasteiger partial charge in [0.2, 0.25) is 11.8 Å². The molecule has 2 saturated heterocycles. The molecule has 33 heavy (non-hydrogen) atoms. The van der Waals surface area contributed by atoms with Gasteiger partial charge in [-0.15, -0.1) is 0 Å². The number of aryl methyl sites for hydroxylation is 1. The molecule has 174 valence electrons. The Bertz CT molecular complexity index is 1000. The molecule has 2 fully saturated rings. The highest BCUT2D eigenvalue weighted by atomic mass is 16.5. The van der Waals surface area contributed by atoms with E-state index in [0.717, 1.165) is 30.9 Å². The van der Waals surface area contributed by atoms with Crippen LogP contribution in [-0.4, -0.2) is 68.6 Å². The minimum atomic E-state index is -0.476. The largest absolute Gasteiger partial charge is 0.379 e. The third-order valence-electron chi connectivity index (χ3n) is 6.09. The van der Waals surface area contributed by atoms with E-state index in [2.05, 4.69) is 15.5 Å². The summed E-state index contributed by atoms with van der Waals surface area (Å²) in [6, 6.07) is 14.6. The summed E-state index contributed by atoms with van der Waals surface area (Å²) in [5, 5.41) is 5.80. The van der Waals surface area contributed by atoms with Gasteiger partial charge in [0.05, 0.1) is 30.4 Å². The maximum Gasteiger partial charge on any atom is 0.253 e. The van der Waals surface area contributed by atoms with Crippen molar-refractivity contribution in [3.63, 3.8) is 0 Å². The highest BCUT2D eigenvalue weighted by molar-refractivity contribution is 6.07. The number of amides is 3. The van der Waals surface area contributed by atoms with E-state index >= 15 is 0 Å². The van der Waals surface area contributed by atoms with Gasteiger partial charge in [-0.1, -0.05) is 29.8 Å². The maximum atomic E-state index is 12.9. The van der Waals surface area contributed by atoms with Crippen molar-refractivity contribution in [1.29, 1.82) is 0 Å². The molecule has 8 nitrogen and oxygen atoms in total. The molecule has 0 spiro atoms. The lowest BCUT2D eigenvalue weighted by molar-refractivity contribution is -0.122. The number of hydrogen-bond acceptors (Lipinski definition) is 5. The summed E-state index contributed by atoms with van der Waals surface area (Å²) >= 11 is 0. The second-order valence-electron chi connectivity index (χ2n) is 8.49. The van der Waals surface area contributed by atoms with E-state index in [9.17, 15) is 14.4 Å². The Morgan fingerprint density at radius 3 is 2.55 bits per heavy atom. The van der Waals surface area contributed by atoms with Crippen LogP contribution in [0.25, 0.3) is 0 Å². The molecule has 0 saturated carbocycles. The predicted octanol–water partition coefficient (Wildman–Crippen LogP) is 2.05. The first-order chi connectivity index (χ1) is 16.0. The monoisotopic (exact) mass is 450 g/mol. The van der Waals surface area contributed by atoms with Crippen molar-refractivity contribution < 1.29 is 19.1 Å². The molecule has 0 radical (unpaired) electrons. The van der Waals surface area contributed by atoms with E-state index in [1.807, 2.05) is 31.2 Å². The molecule has 0 aliphatic carbocycles. The molecular weight excluding hydrogens is 420 g/mol. The number of morpholine rings is 1. The summed E-state index contributed by atoms with van der Waals surface area (Å²) in [5.41, 5.74) is 2.76. The number of rotatable bonds is 7. The molecular formula is C25H30N4O4. The molecule has 0 bridgehead atoms. The second-order valence-corrected chi connectivity index (χ2v) is 8.49. The zero-order valence-corrected chi connectivity index (χ0v) is 18.9. The van der Waals surface area contributed by atoms with Crippen LogP contribution in [0.2, 0.25) is 0 Å². The molecule has 2 aliphatic rings. The topological polar surface area (TPSA) is 91.0 Å². The first-order valence-electron chi connectivity index (χ1n) is 11.4. The van der Waals surface area contributed by atoms with Crippen LogP contribution in [0.15, 0.2) is 48.5 Å². The molecule has 2 aromatic carbocycles. The van der Waals surface area contributed by atoms with Gasteiger partial charge >= 0.3 is 0 Å². The number of hydrogen-bond donors (Lipinski definition) is 2. The third-order valence-corrected chi connectivity index (χ3v) is 6.09. The minimum absolute atomic E-state index is 0.0758. The lowest BCUT2D eigenvalue weighted by atomic mass is 10.1. The zero-order valence-electron chi connectivity index (χ0n) is 18.9. The van der Waals surface area contributed by atoms with Crippen LogP contribution in [0, 0.1) is 12.8 Å². The van der Waals surface area contributed by atoms with E-state index in [0.29, 0.717) is 37.6 Å². The van der Waals surface area contributed by atoms with Crippen LogP contribution in [0.1, 0.15) is 22.3 Å². The normalized spacial score (nSPS) is 18.9. The summed E-state index contributed by atoms with van der Waals surface area (Å²) in [5.74, 6) is -1.04. The van der Waals surface area contributed by atoms with Crippen molar-refractivity contribution in [2.24, 2.45) is 5.92 Å². The lowest BCUT2D eigenvalue weighted by Gasteiger charge is -2.26. The van der Waals surface area contributed by atoms with Gasteiger partial charge in [-0.2, -0.15) is 0 Å². The van der Waals surface area contributed by atoms with Crippen molar-refractivity contribution >= 4 is 29.1 Å². The van der Waals surface area contributed by atoms with E-state index in [1.165, 1.54) is 0 Å². The molecule has 3 amide bonds. The number of nitrogens with one attached hydrogen (secondary N) is 2. The Morgan fingerprint density at radius 2 is 1.79 bits per heavy atom. The average Bonchev–Trinajstić information content (AvgIpc) is 3.22. The quantitative estimate of drug-likeness (QED) is 0.674. The number of benzene rings is 2. The highest BCUT2D eigenvalue weighted by Crippen LogP contribution is 2.27. The Kier molecular flexibility index (Phi) is 7.36. The van der Waals surface area contributed by atoms with Crippen LogP contribution in [0.4, 0.5) is 11.4 Å². The summed E-state index contributed by atoms with van der Waals surface area (Å²) in [6.07, 6.45) is 0.146. The first-order valence-corrected chi connectivity index (χ1v) is 11.4. The number of anilines is 2. The third kappa shape index (κ3) is 5.77. The maximum absolute atomic E-state index is 12.9. The van der Waals surface area contributed by atoms with Crippen LogP contribution in [0.5, 0.6) is 0 Å². The Balaban J connectivity index is 1.35. The van der Waals surface area contributed by atoms with Crippen LogP contribution < -0.4 is 15.5 Å².